The molecule has 2 aromatic rings. The normalized spacial score (nSPS) is 19.6. The average Bonchev–Trinajstić information content (AvgIpc) is 2.65. The summed E-state index contributed by atoms with van der Waals surface area (Å²) in [4.78, 5) is 39.5. The molecule has 2 amide bonds. The highest BCUT2D eigenvalue weighted by atomic mass is 16.2. The molecule has 0 bridgehead atoms. The molecule has 2 aromatic heterocycles. The molecule has 142 valence electrons. The van der Waals surface area contributed by atoms with E-state index in [1.807, 2.05) is 6.92 Å². The summed E-state index contributed by atoms with van der Waals surface area (Å²) in [5, 5.41) is 2.62. The number of rotatable bonds is 2. The lowest BCUT2D eigenvalue weighted by molar-refractivity contribution is -0.146. The van der Waals surface area contributed by atoms with Crippen molar-refractivity contribution in [2.45, 2.75) is 39.7 Å². The van der Waals surface area contributed by atoms with Gasteiger partial charge in [-0.3, -0.25) is 9.59 Å². The molecule has 27 heavy (non-hydrogen) atoms. The summed E-state index contributed by atoms with van der Waals surface area (Å²) in [6.07, 6.45) is 6.65. The van der Waals surface area contributed by atoms with E-state index in [0.29, 0.717) is 29.8 Å². The third-order valence-corrected chi connectivity index (χ3v) is 4.83. The maximum absolute atomic E-state index is 12.9. The van der Waals surface area contributed by atoms with Crippen molar-refractivity contribution in [3.63, 3.8) is 0 Å². The predicted molar refractivity (Wildman–Crippen MR) is 102 cm³/mol. The smallest absolute Gasteiger partial charge is 0.313 e. The van der Waals surface area contributed by atoms with Gasteiger partial charge in [0.1, 0.15) is 11.6 Å². The number of hydrogen-bond acceptors (Lipinski definition) is 6. The SMILES string of the molecule is Cc1ncc([C@@H]2CC[C@@H](C)CN2C(=O)C(=O)Nc2cnc(N)c(C)c2)cn1. The Bertz CT molecular complexity index is 852. The Kier molecular flexibility index (Phi) is 5.34. The standard InChI is InChI=1S/C19H24N6O2/c1-11-4-5-16(14-7-21-13(3)22-8-14)25(10-11)19(27)18(26)24-15-6-12(2)17(20)23-9-15/h6-9,11,16H,4-5,10H2,1-3H3,(H2,20,23)(H,24,26)/t11-,16+/m1/s1. The number of anilines is 2. The maximum Gasteiger partial charge on any atom is 0.313 e. The monoisotopic (exact) mass is 368 g/mol. The number of aryl methyl sites for hydroxylation is 2. The Morgan fingerprint density at radius 3 is 2.52 bits per heavy atom. The number of pyridine rings is 1. The number of nitrogens with two attached hydrogens (primary N) is 1. The molecular weight excluding hydrogens is 344 g/mol. The molecule has 0 saturated carbocycles. The van der Waals surface area contributed by atoms with Crippen molar-refractivity contribution in [2.24, 2.45) is 5.92 Å². The van der Waals surface area contributed by atoms with Gasteiger partial charge in [0.15, 0.2) is 0 Å². The van der Waals surface area contributed by atoms with Crippen LogP contribution in [0, 0.1) is 19.8 Å². The van der Waals surface area contributed by atoms with Gasteiger partial charge < -0.3 is 16.0 Å². The first kappa shape index (κ1) is 18.8. The summed E-state index contributed by atoms with van der Waals surface area (Å²) < 4.78 is 0. The van der Waals surface area contributed by atoms with Crippen molar-refractivity contribution < 1.29 is 9.59 Å². The van der Waals surface area contributed by atoms with E-state index >= 15 is 0 Å². The Hall–Kier alpha value is -3.03. The highest BCUT2D eigenvalue weighted by molar-refractivity contribution is 6.39. The lowest BCUT2D eigenvalue weighted by Crippen LogP contribution is -2.46. The van der Waals surface area contributed by atoms with E-state index in [2.05, 4.69) is 27.2 Å². The number of carbonyl (C=O) groups excluding carboxylic acids is 2. The molecule has 8 nitrogen and oxygen atoms in total. The fourth-order valence-corrected chi connectivity index (χ4v) is 3.27. The third-order valence-electron chi connectivity index (χ3n) is 4.83. The van der Waals surface area contributed by atoms with Crippen molar-refractivity contribution in [1.29, 1.82) is 0 Å². The second-order valence-corrected chi connectivity index (χ2v) is 7.10. The number of piperidine rings is 1. The lowest BCUT2D eigenvalue weighted by atomic mass is 9.91. The number of carbonyl (C=O) groups is 2. The van der Waals surface area contributed by atoms with E-state index in [4.69, 9.17) is 5.73 Å². The summed E-state index contributed by atoms with van der Waals surface area (Å²) in [5.41, 5.74) is 7.72. The molecular formula is C19H24N6O2. The predicted octanol–water partition coefficient (Wildman–Crippen LogP) is 2.01. The lowest BCUT2D eigenvalue weighted by Gasteiger charge is -2.38. The molecule has 3 heterocycles. The van der Waals surface area contributed by atoms with Gasteiger partial charge in [0.25, 0.3) is 0 Å². The summed E-state index contributed by atoms with van der Waals surface area (Å²) in [6, 6.07) is 1.49. The minimum atomic E-state index is -0.687. The molecule has 0 radical (unpaired) electrons. The highest BCUT2D eigenvalue weighted by Crippen LogP contribution is 2.33. The van der Waals surface area contributed by atoms with Crippen LogP contribution in [0.5, 0.6) is 0 Å². The van der Waals surface area contributed by atoms with Crippen LogP contribution in [0.2, 0.25) is 0 Å². The molecule has 0 aromatic carbocycles. The number of nitrogens with one attached hydrogen (secondary N) is 1. The molecule has 3 rings (SSSR count). The molecule has 0 aliphatic carbocycles. The number of likely N-dealkylation sites (tertiary alicyclic amines) is 1. The average molecular weight is 368 g/mol. The quantitative estimate of drug-likeness (QED) is 0.784. The number of nitrogens with zero attached hydrogens (tertiary/aromatic N) is 4. The van der Waals surface area contributed by atoms with Gasteiger partial charge in [-0.25, -0.2) is 15.0 Å². The zero-order chi connectivity index (χ0) is 19.6. The Morgan fingerprint density at radius 1 is 1.15 bits per heavy atom. The molecule has 0 unspecified atom stereocenters. The van der Waals surface area contributed by atoms with Crippen molar-refractivity contribution in [3.8, 4) is 0 Å². The molecule has 8 heteroatoms. The number of aromatic nitrogens is 3. The van der Waals surface area contributed by atoms with Gasteiger partial charge >= 0.3 is 11.8 Å². The van der Waals surface area contributed by atoms with E-state index in [-0.39, 0.29) is 6.04 Å². The van der Waals surface area contributed by atoms with E-state index in [9.17, 15) is 9.59 Å². The third kappa shape index (κ3) is 4.21. The summed E-state index contributed by atoms with van der Waals surface area (Å²) in [7, 11) is 0. The molecule has 3 N–H and O–H groups in total. The zero-order valence-electron chi connectivity index (χ0n) is 15.8. The number of hydrogen-bond donors (Lipinski definition) is 2. The van der Waals surface area contributed by atoms with Gasteiger partial charge in [0.05, 0.1) is 17.9 Å². The van der Waals surface area contributed by atoms with Crippen LogP contribution in [-0.2, 0) is 9.59 Å². The fourth-order valence-electron chi connectivity index (χ4n) is 3.27. The van der Waals surface area contributed by atoms with Crippen LogP contribution in [0.1, 0.15) is 42.8 Å². The van der Waals surface area contributed by atoms with Crippen molar-refractivity contribution in [1.82, 2.24) is 19.9 Å². The van der Waals surface area contributed by atoms with E-state index < -0.39 is 11.8 Å². The van der Waals surface area contributed by atoms with Crippen LogP contribution in [0.4, 0.5) is 11.5 Å². The zero-order valence-corrected chi connectivity index (χ0v) is 15.8. The molecule has 1 fully saturated rings. The number of amides is 2. The molecule has 0 spiro atoms. The molecule has 1 saturated heterocycles. The second-order valence-electron chi connectivity index (χ2n) is 7.10. The van der Waals surface area contributed by atoms with Crippen LogP contribution in [-0.4, -0.2) is 38.2 Å². The van der Waals surface area contributed by atoms with Gasteiger partial charge in [-0.05, 0) is 44.2 Å². The van der Waals surface area contributed by atoms with Crippen molar-refractivity contribution in [2.75, 3.05) is 17.6 Å². The molecule has 1 aliphatic heterocycles. The van der Waals surface area contributed by atoms with E-state index in [1.165, 1.54) is 6.20 Å². The Balaban J connectivity index is 1.79. The van der Waals surface area contributed by atoms with E-state index in [1.54, 1.807) is 30.3 Å². The van der Waals surface area contributed by atoms with Gasteiger partial charge in [0.2, 0.25) is 0 Å². The molecule has 1 aliphatic rings. The topological polar surface area (TPSA) is 114 Å². The minimum absolute atomic E-state index is 0.202. The largest absolute Gasteiger partial charge is 0.383 e. The minimum Gasteiger partial charge on any atom is -0.383 e. The van der Waals surface area contributed by atoms with Crippen LogP contribution < -0.4 is 11.1 Å². The second kappa shape index (κ2) is 7.69. The molecule has 2 atom stereocenters. The summed E-state index contributed by atoms with van der Waals surface area (Å²) in [6.45, 7) is 6.20. The first-order chi connectivity index (χ1) is 12.8. The van der Waals surface area contributed by atoms with E-state index in [0.717, 1.165) is 24.0 Å². The van der Waals surface area contributed by atoms with Crippen LogP contribution >= 0.6 is 0 Å². The van der Waals surface area contributed by atoms with Gasteiger partial charge in [-0.15, -0.1) is 0 Å². The van der Waals surface area contributed by atoms with Gasteiger partial charge in [-0.2, -0.15) is 0 Å². The maximum atomic E-state index is 12.9. The Morgan fingerprint density at radius 2 is 1.85 bits per heavy atom. The van der Waals surface area contributed by atoms with Crippen LogP contribution in [0.25, 0.3) is 0 Å². The van der Waals surface area contributed by atoms with Crippen molar-refractivity contribution in [3.05, 3.63) is 41.6 Å². The summed E-state index contributed by atoms with van der Waals surface area (Å²) in [5.74, 6) is 0.132. The first-order valence-electron chi connectivity index (χ1n) is 8.97. The highest BCUT2D eigenvalue weighted by Gasteiger charge is 2.34. The Labute approximate surface area is 158 Å². The van der Waals surface area contributed by atoms with Crippen LogP contribution in [0.15, 0.2) is 24.7 Å². The number of nitrogen functional groups attached to an aromatic ring is 1. The fraction of sp³-hybridized carbons (Fsp3) is 0.421. The summed E-state index contributed by atoms with van der Waals surface area (Å²) >= 11 is 0. The first-order valence-corrected chi connectivity index (χ1v) is 8.97. The van der Waals surface area contributed by atoms with Crippen molar-refractivity contribution >= 4 is 23.3 Å². The van der Waals surface area contributed by atoms with Gasteiger partial charge in [-0.1, -0.05) is 6.92 Å². The van der Waals surface area contributed by atoms with Gasteiger partial charge in [0, 0.05) is 24.5 Å². The van der Waals surface area contributed by atoms with Crippen LogP contribution in [0.3, 0.4) is 0 Å².